The molecular weight excluding hydrogens is 608 g/mol. The lowest BCUT2D eigenvalue weighted by Crippen LogP contribution is -2.60. The Kier molecular flexibility index (Phi) is 8.06. The number of para-hydroxylation sites is 1. The highest BCUT2D eigenvalue weighted by molar-refractivity contribution is 6.03. The number of piperidine rings is 2. The SMILES string of the molecule is COc1cc(-c2cn(C)c(=O)c(C)c2C)cc(OC)c1CN1CCC2(CC1)CN(c1cccc3c(C4CCC(=O)NC4=O)nn(C)c13)C2. The lowest BCUT2D eigenvalue weighted by molar-refractivity contribution is -0.134. The summed E-state index contributed by atoms with van der Waals surface area (Å²) in [6.07, 6.45) is 4.91. The van der Waals surface area contributed by atoms with Gasteiger partial charge in [-0.25, -0.2) is 0 Å². The van der Waals surface area contributed by atoms with E-state index in [2.05, 4.69) is 39.4 Å². The number of nitrogens with zero attached hydrogens (tertiary/aromatic N) is 5. The van der Waals surface area contributed by atoms with Crippen LogP contribution in [0.3, 0.4) is 0 Å². The zero-order valence-electron chi connectivity index (χ0n) is 28.7. The van der Waals surface area contributed by atoms with Gasteiger partial charge in [-0.1, -0.05) is 12.1 Å². The Labute approximate surface area is 280 Å². The summed E-state index contributed by atoms with van der Waals surface area (Å²) in [5.41, 5.74) is 7.89. The second-order valence-electron chi connectivity index (χ2n) is 13.9. The highest BCUT2D eigenvalue weighted by Crippen LogP contribution is 2.46. The third-order valence-corrected chi connectivity index (χ3v) is 11.0. The van der Waals surface area contributed by atoms with Gasteiger partial charge in [0, 0.05) is 68.3 Å². The third-order valence-electron chi connectivity index (χ3n) is 11.0. The van der Waals surface area contributed by atoms with Gasteiger partial charge < -0.3 is 18.9 Å². The predicted molar refractivity (Wildman–Crippen MR) is 185 cm³/mol. The molecule has 2 amide bonds. The number of aryl methyl sites for hydroxylation is 2. The maximum absolute atomic E-state index is 12.7. The van der Waals surface area contributed by atoms with Crippen LogP contribution in [0.2, 0.25) is 0 Å². The summed E-state index contributed by atoms with van der Waals surface area (Å²) in [4.78, 5) is 41.8. The Morgan fingerprint density at radius 3 is 2.31 bits per heavy atom. The number of aromatic nitrogens is 3. The average molecular weight is 653 g/mol. The molecule has 2 aromatic heterocycles. The zero-order chi connectivity index (χ0) is 33.9. The van der Waals surface area contributed by atoms with E-state index < -0.39 is 5.92 Å². The number of imide groups is 1. The second kappa shape index (κ2) is 12.1. The van der Waals surface area contributed by atoms with E-state index in [0.717, 1.165) is 107 Å². The molecule has 1 spiro atoms. The van der Waals surface area contributed by atoms with Crippen LogP contribution >= 0.6 is 0 Å². The average Bonchev–Trinajstić information content (AvgIpc) is 3.40. The van der Waals surface area contributed by atoms with Crippen molar-refractivity contribution in [1.29, 1.82) is 0 Å². The van der Waals surface area contributed by atoms with E-state index in [1.54, 1.807) is 25.8 Å². The Morgan fingerprint density at radius 2 is 1.67 bits per heavy atom. The van der Waals surface area contributed by atoms with Crippen LogP contribution in [0.15, 0.2) is 41.3 Å². The molecule has 11 heteroatoms. The summed E-state index contributed by atoms with van der Waals surface area (Å²) < 4.78 is 15.4. The van der Waals surface area contributed by atoms with Gasteiger partial charge in [-0.05, 0) is 75.5 Å². The topological polar surface area (TPSA) is 111 Å². The first-order valence-electron chi connectivity index (χ1n) is 16.7. The van der Waals surface area contributed by atoms with Crippen molar-refractivity contribution in [1.82, 2.24) is 24.6 Å². The number of carbonyl (C=O) groups is 2. The van der Waals surface area contributed by atoms with Crippen molar-refractivity contribution in [2.75, 3.05) is 45.3 Å². The number of anilines is 1. The Hall–Kier alpha value is -4.64. The lowest BCUT2D eigenvalue weighted by Gasteiger charge is -2.55. The van der Waals surface area contributed by atoms with Crippen LogP contribution in [0.25, 0.3) is 22.0 Å². The van der Waals surface area contributed by atoms with Gasteiger partial charge in [0.1, 0.15) is 11.5 Å². The molecule has 1 N–H and O–H groups in total. The summed E-state index contributed by atoms with van der Waals surface area (Å²) in [5.74, 6) is 0.683. The summed E-state index contributed by atoms with van der Waals surface area (Å²) in [6, 6.07) is 10.4. The summed E-state index contributed by atoms with van der Waals surface area (Å²) >= 11 is 0. The van der Waals surface area contributed by atoms with Gasteiger partial charge in [-0.2, -0.15) is 5.10 Å². The molecular formula is C37H44N6O5. The molecule has 0 aliphatic carbocycles. The number of pyridine rings is 1. The highest BCUT2D eigenvalue weighted by Gasteiger charge is 2.46. The third kappa shape index (κ3) is 5.34. The monoisotopic (exact) mass is 652 g/mol. The standard InChI is InChI=1S/C37H44N6O5/c1-22-23(2)36(46)40(3)18-27(22)24-16-30(47-5)28(31(17-24)48-6)19-42-14-12-37(13-15-42)20-43(21-37)29-9-7-8-25-33(39-41(4)34(25)29)26-10-11-32(44)38-35(26)45/h7-9,16-18,26H,10-15,19-21H2,1-6H3,(H,38,44,45). The molecule has 4 aromatic rings. The minimum atomic E-state index is -0.413. The van der Waals surface area contributed by atoms with Gasteiger partial charge >= 0.3 is 0 Å². The molecule has 1 unspecified atom stereocenters. The van der Waals surface area contributed by atoms with Gasteiger partial charge in [0.05, 0.1) is 42.6 Å². The maximum atomic E-state index is 12.7. The van der Waals surface area contributed by atoms with E-state index in [-0.39, 0.29) is 22.8 Å². The molecule has 11 nitrogen and oxygen atoms in total. The number of amides is 2. The van der Waals surface area contributed by atoms with Crippen LogP contribution in [0, 0.1) is 19.3 Å². The smallest absolute Gasteiger partial charge is 0.253 e. The predicted octanol–water partition coefficient (Wildman–Crippen LogP) is 4.20. The fourth-order valence-electron chi connectivity index (χ4n) is 8.03. The number of carbonyl (C=O) groups excluding carboxylic acids is 2. The number of hydrogen-bond acceptors (Lipinski definition) is 8. The van der Waals surface area contributed by atoms with E-state index in [1.807, 2.05) is 37.8 Å². The highest BCUT2D eigenvalue weighted by atomic mass is 16.5. The lowest BCUT2D eigenvalue weighted by atomic mass is 9.71. The number of rotatable bonds is 7. The maximum Gasteiger partial charge on any atom is 0.253 e. The normalized spacial score (nSPS) is 19.5. The minimum Gasteiger partial charge on any atom is -0.496 e. The fraction of sp³-hybridized carbons (Fsp3) is 0.459. The van der Waals surface area contributed by atoms with Crippen LogP contribution in [0.5, 0.6) is 11.5 Å². The van der Waals surface area contributed by atoms with Gasteiger partial charge in [0.2, 0.25) is 11.8 Å². The summed E-state index contributed by atoms with van der Waals surface area (Å²) in [7, 11) is 7.12. The van der Waals surface area contributed by atoms with Gasteiger partial charge in [-0.3, -0.25) is 29.3 Å². The number of methoxy groups -OCH3 is 2. The molecule has 3 saturated heterocycles. The van der Waals surface area contributed by atoms with E-state index in [9.17, 15) is 14.4 Å². The molecule has 48 heavy (non-hydrogen) atoms. The molecule has 252 valence electrons. The van der Waals surface area contributed by atoms with Crippen molar-refractivity contribution in [2.45, 2.75) is 52.0 Å². The molecule has 1 atom stereocenters. The summed E-state index contributed by atoms with van der Waals surface area (Å²) in [5, 5.41) is 8.25. The van der Waals surface area contributed by atoms with Crippen LogP contribution < -0.4 is 25.2 Å². The first-order chi connectivity index (χ1) is 23.0. The molecule has 0 radical (unpaired) electrons. The van der Waals surface area contributed by atoms with Crippen molar-refractivity contribution in [3.8, 4) is 22.6 Å². The molecule has 3 aliphatic rings. The number of fused-ring (bicyclic) bond motifs is 1. The Morgan fingerprint density at radius 1 is 0.979 bits per heavy atom. The van der Waals surface area contributed by atoms with Crippen molar-refractivity contribution in [3.63, 3.8) is 0 Å². The van der Waals surface area contributed by atoms with Crippen LogP contribution in [-0.2, 0) is 30.2 Å². The Balaban J connectivity index is 1.05. The number of hydrogen-bond donors (Lipinski definition) is 1. The molecule has 0 bridgehead atoms. The number of nitrogens with one attached hydrogen (secondary N) is 1. The van der Waals surface area contributed by atoms with E-state index in [4.69, 9.17) is 14.6 Å². The minimum absolute atomic E-state index is 0.0113. The molecule has 3 fully saturated rings. The van der Waals surface area contributed by atoms with Crippen LogP contribution in [-0.4, -0.2) is 71.5 Å². The van der Waals surface area contributed by atoms with Crippen LogP contribution in [0.1, 0.15) is 54.0 Å². The number of likely N-dealkylation sites (tertiary alicyclic amines) is 1. The first-order valence-corrected chi connectivity index (χ1v) is 16.7. The number of benzene rings is 2. The molecule has 7 rings (SSSR count). The first kappa shape index (κ1) is 31.9. The van der Waals surface area contributed by atoms with E-state index >= 15 is 0 Å². The molecule has 0 saturated carbocycles. The molecule has 5 heterocycles. The van der Waals surface area contributed by atoms with E-state index in [1.165, 1.54) is 0 Å². The van der Waals surface area contributed by atoms with E-state index in [0.29, 0.717) is 12.8 Å². The van der Waals surface area contributed by atoms with Crippen molar-refractivity contribution in [2.24, 2.45) is 19.5 Å². The number of ether oxygens (including phenoxy) is 2. The Bertz CT molecular complexity index is 1970. The van der Waals surface area contributed by atoms with Gasteiger partial charge in [-0.15, -0.1) is 0 Å². The second-order valence-corrected chi connectivity index (χ2v) is 13.9. The molecule has 3 aliphatic heterocycles. The van der Waals surface area contributed by atoms with Crippen LogP contribution in [0.4, 0.5) is 5.69 Å². The summed E-state index contributed by atoms with van der Waals surface area (Å²) in [6.45, 7) is 8.52. The van der Waals surface area contributed by atoms with Gasteiger partial charge in [0.15, 0.2) is 0 Å². The van der Waals surface area contributed by atoms with Crippen molar-refractivity contribution in [3.05, 3.63) is 69.3 Å². The van der Waals surface area contributed by atoms with Crippen molar-refractivity contribution >= 4 is 28.4 Å². The quantitative estimate of drug-likeness (QED) is 0.296. The van der Waals surface area contributed by atoms with Crippen molar-refractivity contribution < 1.29 is 19.1 Å². The fourth-order valence-corrected chi connectivity index (χ4v) is 8.03. The van der Waals surface area contributed by atoms with Gasteiger partial charge in [0.25, 0.3) is 5.56 Å². The zero-order valence-corrected chi connectivity index (χ0v) is 28.7. The molecule has 2 aromatic carbocycles. The largest absolute Gasteiger partial charge is 0.496 e.